The summed E-state index contributed by atoms with van der Waals surface area (Å²) in [4.78, 5) is 25.5. The zero-order valence-electron chi connectivity index (χ0n) is 14.9. The van der Waals surface area contributed by atoms with Crippen LogP contribution in [-0.4, -0.2) is 35.0 Å². The van der Waals surface area contributed by atoms with Gasteiger partial charge < -0.3 is 14.7 Å². The number of aliphatic carboxylic acids is 1. The maximum Gasteiger partial charge on any atom is 0.308 e. The Morgan fingerprint density at radius 2 is 2.00 bits per heavy atom. The molecule has 2 aromatic carbocycles. The molecule has 1 saturated heterocycles. The van der Waals surface area contributed by atoms with E-state index in [1.165, 1.54) is 5.56 Å². The van der Waals surface area contributed by atoms with Gasteiger partial charge in [0, 0.05) is 18.7 Å². The number of carboxylic acid groups (broad SMARTS) is 1. The first kappa shape index (κ1) is 18.0. The zero-order chi connectivity index (χ0) is 18.5. The molecule has 26 heavy (non-hydrogen) atoms. The highest BCUT2D eigenvalue weighted by Crippen LogP contribution is 2.21. The van der Waals surface area contributed by atoms with Gasteiger partial charge in [0.25, 0.3) is 5.91 Å². The molecule has 1 unspecified atom stereocenters. The third kappa shape index (κ3) is 4.42. The van der Waals surface area contributed by atoms with Crippen LogP contribution >= 0.6 is 0 Å². The van der Waals surface area contributed by atoms with E-state index in [2.05, 4.69) is 6.07 Å². The average Bonchev–Trinajstić information content (AvgIpc) is 2.66. The lowest BCUT2D eigenvalue weighted by Gasteiger charge is -2.30. The first-order valence-electron chi connectivity index (χ1n) is 8.83. The highest BCUT2D eigenvalue weighted by Gasteiger charge is 2.28. The van der Waals surface area contributed by atoms with Gasteiger partial charge in [0.15, 0.2) is 0 Å². The van der Waals surface area contributed by atoms with Crippen LogP contribution < -0.4 is 4.74 Å². The molecule has 1 atom stereocenters. The number of aryl methyl sites for hydroxylation is 1. The van der Waals surface area contributed by atoms with E-state index >= 15 is 0 Å². The van der Waals surface area contributed by atoms with E-state index in [-0.39, 0.29) is 12.5 Å². The molecule has 0 radical (unpaired) electrons. The Morgan fingerprint density at radius 3 is 2.77 bits per heavy atom. The number of rotatable bonds is 5. The summed E-state index contributed by atoms with van der Waals surface area (Å²) in [6.45, 7) is 3.33. The number of carboxylic acids is 1. The van der Waals surface area contributed by atoms with Crippen LogP contribution in [0.4, 0.5) is 0 Å². The molecule has 1 aliphatic heterocycles. The van der Waals surface area contributed by atoms with E-state index in [0.29, 0.717) is 37.3 Å². The van der Waals surface area contributed by atoms with E-state index in [1.807, 2.05) is 31.2 Å². The van der Waals surface area contributed by atoms with Crippen LogP contribution in [0.3, 0.4) is 0 Å². The largest absolute Gasteiger partial charge is 0.489 e. The molecule has 1 aliphatic rings. The van der Waals surface area contributed by atoms with Crippen LogP contribution in [0.25, 0.3) is 0 Å². The van der Waals surface area contributed by atoms with E-state index in [0.717, 1.165) is 5.56 Å². The minimum atomic E-state index is -0.835. The van der Waals surface area contributed by atoms with Gasteiger partial charge in [-0.2, -0.15) is 0 Å². The Bertz CT molecular complexity index is 802. The standard InChI is InChI=1S/C21H23NO4/c1-15-5-2-6-16(11-15)14-26-19-9-3-7-17(12-19)20(23)22-10-4-8-18(13-22)21(24)25/h2-3,5-7,9,11-12,18H,4,8,10,13-14H2,1H3,(H,24,25). The third-order valence-corrected chi connectivity index (χ3v) is 4.63. The van der Waals surface area contributed by atoms with Crippen LogP contribution in [0, 0.1) is 12.8 Å². The summed E-state index contributed by atoms with van der Waals surface area (Å²) in [7, 11) is 0. The lowest BCUT2D eigenvalue weighted by Crippen LogP contribution is -2.42. The fourth-order valence-corrected chi connectivity index (χ4v) is 3.23. The predicted octanol–water partition coefficient (Wildman–Crippen LogP) is 3.51. The summed E-state index contributed by atoms with van der Waals surface area (Å²) in [6.07, 6.45) is 1.34. The molecule has 3 rings (SSSR count). The van der Waals surface area contributed by atoms with Crippen molar-refractivity contribution in [3.05, 3.63) is 65.2 Å². The van der Waals surface area contributed by atoms with Gasteiger partial charge in [0.05, 0.1) is 5.92 Å². The van der Waals surface area contributed by atoms with E-state index in [4.69, 9.17) is 4.74 Å². The number of nitrogens with zero attached hydrogens (tertiary/aromatic N) is 1. The molecule has 136 valence electrons. The number of amides is 1. The molecule has 0 saturated carbocycles. The van der Waals surface area contributed by atoms with Gasteiger partial charge in [-0.25, -0.2) is 0 Å². The van der Waals surface area contributed by atoms with Gasteiger partial charge >= 0.3 is 5.97 Å². The average molecular weight is 353 g/mol. The number of benzene rings is 2. The monoisotopic (exact) mass is 353 g/mol. The van der Waals surface area contributed by atoms with Gasteiger partial charge in [-0.15, -0.1) is 0 Å². The van der Waals surface area contributed by atoms with Gasteiger partial charge in [0.1, 0.15) is 12.4 Å². The molecule has 0 aromatic heterocycles. The predicted molar refractivity (Wildman–Crippen MR) is 98.2 cm³/mol. The van der Waals surface area contributed by atoms with Gasteiger partial charge in [-0.05, 0) is 43.5 Å². The summed E-state index contributed by atoms with van der Waals surface area (Å²) in [6, 6.07) is 15.2. The topological polar surface area (TPSA) is 66.8 Å². The van der Waals surface area contributed by atoms with E-state index in [1.54, 1.807) is 23.1 Å². The molecule has 2 aromatic rings. The zero-order valence-corrected chi connectivity index (χ0v) is 14.9. The van der Waals surface area contributed by atoms with Crippen molar-refractivity contribution < 1.29 is 19.4 Å². The summed E-state index contributed by atoms with van der Waals surface area (Å²) < 4.78 is 5.82. The minimum Gasteiger partial charge on any atom is -0.489 e. The van der Waals surface area contributed by atoms with Crippen molar-refractivity contribution in [3.63, 3.8) is 0 Å². The van der Waals surface area contributed by atoms with Crippen molar-refractivity contribution in [2.45, 2.75) is 26.4 Å². The van der Waals surface area contributed by atoms with Crippen LogP contribution in [0.1, 0.15) is 34.3 Å². The smallest absolute Gasteiger partial charge is 0.308 e. The van der Waals surface area contributed by atoms with Crippen LogP contribution in [0.5, 0.6) is 5.75 Å². The summed E-state index contributed by atoms with van der Waals surface area (Å²) >= 11 is 0. The molecule has 1 amide bonds. The van der Waals surface area contributed by atoms with Crippen LogP contribution in [-0.2, 0) is 11.4 Å². The molecule has 0 spiro atoms. The van der Waals surface area contributed by atoms with Gasteiger partial charge in [-0.1, -0.05) is 35.9 Å². The molecule has 1 heterocycles. The van der Waals surface area contributed by atoms with Gasteiger partial charge in [0.2, 0.25) is 0 Å². The Labute approximate surface area is 153 Å². The number of likely N-dealkylation sites (tertiary alicyclic amines) is 1. The second-order valence-corrected chi connectivity index (χ2v) is 6.73. The van der Waals surface area contributed by atoms with Crippen LogP contribution in [0.2, 0.25) is 0 Å². The maximum atomic E-state index is 12.7. The van der Waals surface area contributed by atoms with E-state index in [9.17, 15) is 14.7 Å². The molecule has 1 fully saturated rings. The van der Waals surface area contributed by atoms with E-state index < -0.39 is 11.9 Å². The Kier molecular flexibility index (Phi) is 5.56. The number of carbonyl (C=O) groups excluding carboxylic acids is 1. The van der Waals surface area contributed by atoms with Crippen molar-refractivity contribution in [3.8, 4) is 5.75 Å². The first-order chi connectivity index (χ1) is 12.5. The summed E-state index contributed by atoms with van der Waals surface area (Å²) in [5.41, 5.74) is 2.77. The maximum absolute atomic E-state index is 12.7. The van der Waals surface area contributed by atoms with Crippen molar-refractivity contribution in [2.24, 2.45) is 5.92 Å². The lowest BCUT2D eigenvalue weighted by molar-refractivity contribution is -0.143. The number of hydrogen-bond donors (Lipinski definition) is 1. The van der Waals surface area contributed by atoms with Crippen molar-refractivity contribution in [1.82, 2.24) is 4.90 Å². The second kappa shape index (κ2) is 8.04. The first-order valence-corrected chi connectivity index (χ1v) is 8.83. The molecular formula is C21H23NO4. The quantitative estimate of drug-likeness (QED) is 0.893. The number of hydrogen-bond acceptors (Lipinski definition) is 3. The molecule has 1 N–H and O–H groups in total. The number of ether oxygens (including phenoxy) is 1. The number of piperidine rings is 1. The summed E-state index contributed by atoms with van der Waals surface area (Å²) in [5, 5.41) is 9.19. The Hall–Kier alpha value is -2.82. The van der Waals surface area contributed by atoms with Gasteiger partial charge in [-0.3, -0.25) is 9.59 Å². The van der Waals surface area contributed by atoms with Crippen molar-refractivity contribution in [2.75, 3.05) is 13.1 Å². The molecular weight excluding hydrogens is 330 g/mol. The highest BCUT2D eigenvalue weighted by atomic mass is 16.5. The van der Waals surface area contributed by atoms with Crippen LogP contribution in [0.15, 0.2) is 48.5 Å². The second-order valence-electron chi connectivity index (χ2n) is 6.73. The molecule has 5 nitrogen and oxygen atoms in total. The number of carbonyl (C=O) groups is 2. The highest BCUT2D eigenvalue weighted by molar-refractivity contribution is 5.95. The van der Waals surface area contributed by atoms with Crippen molar-refractivity contribution in [1.29, 1.82) is 0 Å². The Balaban J connectivity index is 1.66. The summed E-state index contributed by atoms with van der Waals surface area (Å²) in [5.74, 6) is -0.827. The van der Waals surface area contributed by atoms with Crippen molar-refractivity contribution >= 4 is 11.9 Å². The Morgan fingerprint density at radius 1 is 1.19 bits per heavy atom. The molecule has 0 bridgehead atoms. The molecule has 0 aliphatic carbocycles. The normalized spacial score (nSPS) is 17.0. The lowest BCUT2D eigenvalue weighted by atomic mass is 9.97. The third-order valence-electron chi connectivity index (χ3n) is 4.63. The SMILES string of the molecule is Cc1cccc(COc2cccc(C(=O)N3CCCC(C(=O)O)C3)c2)c1. The fourth-order valence-electron chi connectivity index (χ4n) is 3.23. The molecule has 5 heteroatoms. The fraction of sp³-hybridized carbons (Fsp3) is 0.333. The minimum absolute atomic E-state index is 0.142.